The minimum absolute atomic E-state index is 0.737. The Hall–Kier alpha value is -1.61. The van der Waals surface area contributed by atoms with Gasteiger partial charge in [-0.05, 0) is 56.4 Å². The van der Waals surface area contributed by atoms with Crippen molar-refractivity contribution in [2.24, 2.45) is 0 Å². The summed E-state index contributed by atoms with van der Waals surface area (Å²) in [6.07, 6.45) is 5.69. The van der Waals surface area contributed by atoms with E-state index in [1.807, 2.05) is 24.3 Å². The topological polar surface area (TPSA) is 37.8 Å². The Balaban J connectivity index is 2.02. The fourth-order valence-electron chi connectivity index (χ4n) is 2.71. The van der Waals surface area contributed by atoms with E-state index < -0.39 is 0 Å². The van der Waals surface area contributed by atoms with Crippen molar-refractivity contribution in [3.05, 3.63) is 40.5 Å². The van der Waals surface area contributed by atoms with E-state index in [2.05, 4.69) is 12.2 Å². The van der Waals surface area contributed by atoms with Gasteiger partial charge in [-0.25, -0.2) is 9.97 Å². The molecule has 0 spiro atoms. The standard InChI is InChI=1S/C17H20ClN3/c1-2-11-19-17-14-5-3-4-6-15(14)20-16(21-17)12-7-9-13(18)10-8-12/h7-10H,2-6,11H2,1H3,(H,19,20,21). The third-order valence-corrected chi connectivity index (χ3v) is 4.08. The van der Waals surface area contributed by atoms with Crippen molar-refractivity contribution in [2.45, 2.75) is 39.0 Å². The van der Waals surface area contributed by atoms with E-state index in [4.69, 9.17) is 21.6 Å². The van der Waals surface area contributed by atoms with Crippen LogP contribution >= 0.6 is 11.6 Å². The smallest absolute Gasteiger partial charge is 0.161 e. The SMILES string of the molecule is CCCNc1nc(-c2ccc(Cl)cc2)nc2c1CCCC2. The Morgan fingerprint density at radius 3 is 2.62 bits per heavy atom. The number of aryl methyl sites for hydroxylation is 1. The molecule has 0 fully saturated rings. The number of nitrogens with one attached hydrogen (secondary N) is 1. The van der Waals surface area contributed by atoms with Gasteiger partial charge in [-0.1, -0.05) is 18.5 Å². The molecule has 1 aliphatic rings. The second-order valence-electron chi connectivity index (χ2n) is 5.46. The Morgan fingerprint density at radius 1 is 1.10 bits per heavy atom. The molecule has 0 aliphatic heterocycles. The zero-order valence-electron chi connectivity index (χ0n) is 12.3. The first kappa shape index (κ1) is 14.3. The molecule has 0 atom stereocenters. The highest BCUT2D eigenvalue weighted by atomic mass is 35.5. The number of fused-ring (bicyclic) bond motifs is 1. The summed E-state index contributed by atoms with van der Waals surface area (Å²) in [7, 11) is 0. The number of hydrogen-bond acceptors (Lipinski definition) is 3. The molecule has 1 aliphatic carbocycles. The molecule has 0 unspecified atom stereocenters. The van der Waals surface area contributed by atoms with Gasteiger partial charge < -0.3 is 5.32 Å². The normalized spacial score (nSPS) is 13.8. The Labute approximate surface area is 130 Å². The number of halogens is 1. The molecule has 0 amide bonds. The molecule has 110 valence electrons. The lowest BCUT2D eigenvalue weighted by Gasteiger charge is -2.19. The fraction of sp³-hybridized carbons (Fsp3) is 0.412. The minimum atomic E-state index is 0.737. The van der Waals surface area contributed by atoms with Crippen molar-refractivity contribution in [3.8, 4) is 11.4 Å². The molecular formula is C17H20ClN3. The van der Waals surface area contributed by atoms with Crippen LogP contribution in [-0.2, 0) is 12.8 Å². The van der Waals surface area contributed by atoms with Gasteiger partial charge in [0.15, 0.2) is 5.82 Å². The average Bonchev–Trinajstić information content (AvgIpc) is 2.53. The monoisotopic (exact) mass is 301 g/mol. The van der Waals surface area contributed by atoms with Gasteiger partial charge in [0.1, 0.15) is 5.82 Å². The summed E-state index contributed by atoms with van der Waals surface area (Å²) in [6, 6.07) is 7.74. The Bertz CT molecular complexity index is 623. The van der Waals surface area contributed by atoms with Crippen molar-refractivity contribution in [2.75, 3.05) is 11.9 Å². The fourth-order valence-corrected chi connectivity index (χ4v) is 2.84. The van der Waals surface area contributed by atoms with Gasteiger partial charge in [0, 0.05) is 28.4 Å². The van der Waals surface area contributed by atoms with Crippen molar-refractivity contribution in [3.63, 3.8) is 0 Å². The van der Waals surface area contributed by atoms with Crippen LogP contribution in [-0.4, -0.2) is 16.5 Å². The first-order chi connectivity index (χ1) is 10.3. The zero-order valence-corrected chi connectivity index (χ0v) is 13.1. The van der Waals surface area contributed by atoms with Crippen LogP contribution in [0.15, 0.2) is 24.3 Å². The quantitative estimate of drug-likeness (QED) is 0.903. The molecule has 0 saturated carbocycles. The number of aromatic nitrogens is 2. The van der Waals surface area contributed by atoms with Gasteiger partial charge in [0.25, 0.3) is 0 Å². The second kappa shape index (κ2) is 6.44. The predicted octanol–water partition coefficient (Wildman–Crippen LogP) is 4.50. The predicted molar refractivity (Wildman–Crippen MR) is 87.9 cm³/mol. The summed E-state index contributed by atoms with van der Waals surface area (Å²) in [5, 5.41) is 4.20. The third kappa shape index (κ3) is 3.18. The molecule has 1 aromatic carbocycles. The maximum absolute atomic E-state index is 5.96. The Kier molecular flexibility index (Phi) is 4.39. The van der Waals surface area contributed by atoms with E-state index in [0.29, 0.717) is 0 Å². The van der Waals surface area contributed by atoms with E-state index in [9.17, 15) is 0 Å². The van der Waals surface area contributed by atoms with Crippen LogP contribution in [0, 0.1) is 0 Å². The van der Waals surface area contributed by atoms with Gasteiger partial charge in [-0.15, -0.1) is 0 Å². The largest absolute Gasteiger partial charge is 0.370 e. The Morgan fingerprint density at radius 2 is 1.86 bits per heavy atom. The molecule has 4 heteroatoms. The molecule has 1 heterocycles. The number of hydrogen-bond donors (Lipinski definition) is 1. The van der Waals surface area contributed by atoms with E-state index >= 15 is 0 Å². The summed E-state index contributed by atoms with van der Waals surface area (Å²) in [6.45, 7) is 3.12. The molecule has 3 rings (SSSR count). The summed E-state index contributed by atoms with van der Waals surface area (Å²) in [5.74, 6) is 1.82. The maximum atomic E-state index is 5.96. The number of anilines is 1. The van der Waals surface area contributed by atoms with Gasteiger partial charge in [0.2, 0.25) is 0 Å². The summed E-state index contributed by atoms with van der Waals surface area (Å²) >= 11 is 5.96. The molecule has 21 heavy (non-hydrogen) atoms. The highest BCUT2D eigenvalue weighted by Gasteiger charge is 2.18. The lowest BCUT2D eigenvalue weighted by Crippen LogP contribution is -2.14. The molecule has 1 aromatic heterocycles. The summed E-state index contributed by atoms with van der Waals surface area (Å²) < 4.78 is 0. The molecule has 0 bridgehead atoms. The molecule has 2 aromatic rings. The maximum Gasteiger partial charge on any atom is 0.161 e. The van der Waals surface area contributed by atoms with Crippen LogP contribution in [0.2, 0.25) is 5.02 Å². The second-order valence-corrected chi connectivity index (χ2v) is 5.90. The van der Waals surface area contributed by atoms with Crippen LogP contribution in [0.4, 0.5) is 5.82 Å². The third-order valence-electron chi connectivity index (χ3n) is 3.83. The van der Waals surface area contributed by atoms with Gasteiger partial charge in [-0.3, -0.25) is 0 Å². The van der Waals surface area contributed by atoms with Crippen LogP contribution in [0.1, 0.15) is 37.4 Å². The highest BCUT2D eigenvalue weighted by molar-refractivity contribution is 6.30. The molecule has 0 radical (unpaired) electrons. The van der Waals surface area contributed by atoms with Crippen molar-refractivity contribution >= 4 is 17.4 Å². The van der Waals surface area contributed by atoms with Crippen LogP contribution in [0.3, 0.4) is 0 Å². The van der Waals surface area contributed by atoms with E-state index in [1.54, 1.807) is 0 Å². The van der Waals surface area contributed by atoms with Crippen molar-refractivity contribution < 1.29 is 0 Å². The van der Waals surface area contributed by atoms with Crippen molar-refractivity contribution in [1.29, 1.82) is 0 Å². The van der Waals surface area contributed by atoms with Crippen LogP contribution in [0.5, 0.6) is 0 Å². The number of nitrogens with zero attached hydrogens (tertiary/aromatic N) is 2. The lowest BCUT2D eigenvalue weighted by molar-refractivity contribution is 0.664. The summed E-state index contributed by atoms with van der Waals surface area (Å²) in [4.78, 5) is 9.55. The summed E-state index contributed by atoms with van der Waals surface area (Å²) in [5.41, 5.74) is 3.54. The van der Waals surface area contributed by atoms with Gasteiger partial charge >= 0.3 is 0 Å². The lowest BCUT2D eigenvalue weighted by atomic mass is 9.96. The first-order valence-electron chi connectivity index (χ1n) is 7.67. The van der Waals surface area contributed by atoms with E-state index in [-0.39, 0.29) is 0 Å². The van der Waals surface area contributed by atoms with Crippen LogP contribution < -0.4 is 5.32 Å². The van der Waals surface area contributed by atoms with Crippen molar-refractivity contribution in [1.82, 2.24) is 9.97 Å². The number of rotatable bonds is 4. The minimum Gasteiger partial charge on any atom is -0.370 e. The molecule has 0 saturated heterocycles. The average molecular weight is 302 g/mol. The van der Waals surface area contributed by atoms with E-state index in [1.165, 1.54) is 24.1 Å². The van der Waals surface area contributed by atoms with E-state index in [0.717, 1.165) is 48.0 Å². The molecule has 3 nitrogen and oxygen atoms in total. The van der Waals surface area contributed by atoms with Gasteiger partial charge in [-0.2, -0.15) is 0 Å². The number of benzene rings is 1. The molecular weight excluding hydrogens is 282 g/mol. The zero-order chi connectivity index (χ0) is 14.7. The molecule has 1 N–H and O–H groups in total. The van der Waals surface area contributed by atoms with Crippen LogP contribution in [0.25, 0.3) is 11.4 Å². The van der Waals surface area contributed by atoms with Gasteiger partial charge in [0.05, 0.1) is 0 Å². The first-order valence-corrected chi connectivity index (χ1v) is 8.05. The highest BCUT2D eigenvalue weighted by Crippen LogP contribution is 2.28.